The quantitative estimate of drug-likeness (QED) is 0.902. The highest BCUT2D eigenvalue weighted by atomic mass is 16.5. The molecule has 3 rings (SSSR count). The number of hydrogen-bond acceptors (Lipinski definition) is 2. The van der Waals surface area contributed by atoms with E-state index in [0.29, 0.717) is 5.92 Å². The fourth-order valence-corrected chi connectivity index (χ4v) is 3.68. The van der Waals surface area contributed by atoms with Crippen LogP contribution < -0.4 is 0 Å². The number of aryl methyl sites for hydroxylation is 1. The van der Waals surface area contributed by atoms with E-state index in [-0.39, 0.29) is 11.7 Å². The van der Waals surface area contributed by atoms with E-state index in [0.717, 1.165) is 25.9 Å². The zero-order valence-corrected chi connectivity index (χ0v) is 11.8. The van der Waals surface area contributed by atoms with Crippen molar-refractivity contribution in [2.24, 2.45) is 0 Å². The van der Waals surface area contributed by atoms with Crippen LogP contribution in [-0.2, 0) is 11.2 Å². The predicted molar refractivity (Wildman–Crippen MR) is 76.3 cm³/mol. The van der Waals surface area contributed by atoms with E-state index in [2.05, 4.69) is 31.2 Å². The van der Waals surface area contributed by atoms with Crippen LogP contribution in [0.2, 0.25) is 0 Å². The summed E-state index contributed by atoms with van der Waals surface area (Å²) in [4.78, 5) is 0. The van der Waals surface area contributed by atoms with Crippen LogP contribution in [0.4, 0.5) is 0 Å². The maximum atomic E-state index is 10.6. The van der Waals surface area contributed by atoms with E-state index < -0.39 is 0 Å². The average molecular weight is 260 g/mol. The van der Waals surface area contributed by atoms with Crippen LogP contribution in [0.1, 0.15) is 56.1 Å². The molecular formula is C17H24O2. The molecule has 1 aromatic carbocycles. The van der Waals surface area contributed by atoms with Crippen molar-refractivity contribution in [2.75, 3.05) is 6.61 Å². The van der Waals surface area contributed by atoms with E-state index >= 15 is 0 Å². The number of ether oxygens (including phenoxy) is 1. The summed E-state index contributed by atoms with van der Waals surface area (Å²) < 4.78 is 5.78. The molecule has 1 fully saturated rings. The van der Waals surface area contributed by atoms with Crippen LogP contribution >= 0.6 is 0 Å². The Morgan fingerprint density at radius 1 is 1.37 bits per heavy atom. The van der Waals surface area contributed by atoms with Crippen molar-refractivity contribution >= 4 is 0 Å². The number of aliphatic hydroxyl groups is 1. The molecule has 3 unspecified atom stereocenters. The van der Waals surface area contributed by atoms with Crippen LogP contribution in [0, 0.1) is 0 Å². The summed E-state index contributed by atoms with van der Waals surface area (Å²) in [6.07, 6.45) is 6.20. The lowest BCUT2D eigenvalue weighted by Crippen LogP contribution is -2.39. The fourth-order valence-electron chi connectivity index (χ4n) is 3.68. The zero-order valence-electron chi connectivity index (χ0n) is 11.8. The van der Waals surface area contributed by atoms with Gasteiger partial charge in [-0.2, -0.15) is 0 Å². The van der Waals surface area contributed by atoms with Crippen molar-refractivity contribution in [3.63, 3.8) is 0 Å². The monoisotopic (exact) mass is 260 g/mol. The van der Waals surface area contributed by atoms with Gasteiger partial charge in [0.2, 0.25) is 0 Å². The van der Waals surface area contributed by atoms with E-state index in [1.165, 1.54) is 30.4 Å². The van der Waals surface area contributed by atoms with Crippen LogP contribution in [0.15, 0.2) is 24.3 Å². The highest BCUT2D eigenvalue weighted by Crippen LogP contribution is 2.39. The molecule has 0 amide bonds. The van der Waals surface area contributed by atoms with Crippen molar-refractivity contribution in [1.29, 1.82) is 0 Å². The Hall–Kier alpha value is -0.860. The second-order valence-electron chi connectivity index (χ2n) is 6.30. The van der Waals surface area contributed by atoms with Gasteiger partial charge in [0.15, 0.2) is 0 Å². The third-order valence-electron chi connectivity index (χ3n) is 4.96. The number of rotatable bonds is 3. The molecule has 2 nitrogen and oxygen atoms in total. The van der Waals surface area contributed by atoms with Gasteiger partial charge in [-0.1, -0.05) is 24.3 Å². The Bertz CT molecular complexity index is 435. The summed E-state index contributed by atoms with van der Waals surface area (Å²) in [5.74, 6) is 0.501. The average Bonchev–Trinajstić information content (AvgIpc) is 2.87. The summed E-state index contributed by atoms with van der Waals surface area (Å²) in [5.41, 5.74) is 2.62. The molecule has 1 aromatic rings. The molecule has 1 aliphatic heterocycles. The molecule has 1 saturated heterocycles. The van der Waals surface area contributed by atoms with Gasteiger partial charge in [-0.25, -0.2) is 0 Å². The summed E-state index contributed by atoms with van der Waals surface area (Å²) in [5, 5.41) is 10.6. The summed E-state index contributed by atoms with van der Waals surface area (Å²) in [6, 6.07) is 8.72. The topological polar surface area (TPSA) is 29.5 Å². The molecule has 0 aromatic heterocycles. The SMILES string of the molecule is CC1(C(O)CC2CCCc3ccccc32)CCCO1. The summed E-state index contributed by atoms with van der Waals surface area (Å²) in [6.45, 7) is 2.87. The minimum absolute atomic E-state index is 0.313. The van der Waals surface area contributed by atoms with Crippen molar-refractivity contribution in [2.45, 2.75) is 63.1 Å². The Kier molecular flexibility index (Phi) is 3.64. The molecule has 0 bridgehead atoms. The van der Waals surface area contributed by atoms with Gasteiger partial charge >= 0.3 is 0 Å². The maximum absolute atomic E-state index is 10.6. The standard InChI is InChI=1S/C17H24O2/c1-17(10-5-11-19-17)16(18)12-14-8-4-7-13-6-2-3-9-15(13)14/h2-3,6,9,14,16,18H,4-5,7-8,10-12H2,1H3. The van der Waals surface area contributed by atoms with Gasteiger partial charge in [-0.15, -0.1) is 0 Å². The Labute approximate surface area is 115 Å². The largest absolute Gasteiger partial charge is 0.390 e. The van der Waals surface area contributed by atoms with Gasteiger partial charge in [-0.3, -0.25) is 0 Å². The van der Waals surface area contributed by atoms with Crippen LogP contribution in [-0.4, -0.2) is 23.4 Å². The zero-order chi connectivity index (χ0) is 13.3. The predicted octanol–water partition coefficient (Wildman–Crippen LogP) is 3.43. The Morgan fingerprint density at radius 2 is 2.21 bits per heavy atom. The molecule has 1 heterocycles. The maximum Gasteiger partial charge on any atom is 0.0913 e. The molecular weight excluding hydrogens is 236 g/mol. The molecule has 2 heteroatoms. The normalized spacial score (nSPS) is 32.0. The van der Waals surface area contributed by atoms with Gasteiger partial charge in [0, 0.05) is 6.61 Å². The van der Waals surface area contributed by atoms with Crippen LogP contribution in [0.3, 0.4) is 0 Å². The van der Waals surface area contributed by atoms with Gasteiger partial charge in [-0.05, 0) is 62.5 Å². The van der Waals surface area contributed by atoms with Crippen molar-refractivity contribution in [3.8, 4) is 0 Å². The second-order valence-corrected chi connectivity index (χ2v) is 6.30. The first kappa shape index (κ1) is 13.1. The first-order valence-corrected chi connectivity index (χ1v) is 7.59. The lowest BCUT2D eigenvalue weighted by atomic mass is 9.77. The molecule has 2 aliphatic rings. The third-order valence-corrected chi connectivity index (χ3v) is 4.96. The molecule has 1 aliphatic carbocycles. The number of fused-ring (bicyclic) bond motifs is 1. The number of hydrogen-bond donors (Lipinski definition) is 1. The Balaban J connectivity index is 1.74. The van der Waals surface area contributed by atoms with E-state index in [9.17, 15) is 5.11 Å². The van der Waals surface area contributed by atoms with Gasteiger partial charge in [0.05, 0.1) is 11.7 Å². The highest BCUT2D eigenvalue weighted by Gasteiger charge is 2.39. The first-order valence-electron chi connectivity index (χ1n) is 7.59. The summed E-state index contributed by atoms with van der Waals surface area (Å²) >= 11 is 0. The third kappa shape index (κ3) is 2.56. The van der Waals surface area contributed by atoms with Crippen molar-refractivity contribution < 1.29 is 9.84 Å². The van der Waals surface area contributed by atoms with Crippen LogP contribution in [0.5, 0.6) is 0 Å². The Morgan fingerprint density at radius 3 is 3.00 bits per heavy atom. The lowest BCUT2D eigenvalue weighted by molar-refractivity contribution is -0.0830. The molecule has 1 N–H and O–H groups in total. The van der Waals surface area contributed by atoms with Crippen molar-refractivity contribution in [3.05, 3.63) is 35.4 Å². The molecule has 104 valence electrons. The van der Waals surface area contributed by atoms with Crippen molar-refractivity contribution in [1.82, 2.24) is 0 Å². The molecule has 0 radical (unpaired) electrons. The minimum Gasteiger partial charge on any atom is -0.390 e. The first-order chi connectivity index (χ1) is 9.19. The molecule has 0 spiro atoms. The second kappa shape index (κ2) is 5.26. The van der Waals surface area contributed by atoms with Gasteiger partial charge in [0.1, 0.15) is 0 Å². The minimum atomic E-state index is -0.342. The van der Waals surface area contributed by atoms with Crippen LogP contribution in [0.25, 0.3) is 0 Å². The fraction of sp³-hybridized carbons (Fsp3) is 0.647. The van der Waals surface area contributed by atoms with Gasteiger partial charge < -0.3 is 9.84 Å². The smallest absolute Gasteiger partial charge is 0.0913 e. The lowest BCUT2D eigenvalue weighted by Gasteiger charge is -2.34. The molecule has 3 atom stereocenters. The van der Waals surface area contributed by atoms with E-state index in [1.807, 2.05) is 0 Å². The number of benzene rings is 1. The molecule has 19 heavy (non-hydrogen) atoms. The van der Waals surface area contributed by atoms with E-state index in [1.54, 1.807) is 0 Å². The summed E-state index contributed by atoms with van der Waals surface area (Å²) in [7, 11) is 0. The highest BCUT2D eigenvalue weighted by molar-refractivity contribution is 5.32. The number of aliphatic hydroxyl groups excluding tert-OH is 1. The molecule has 0 saturated carbocycles. The van der Waals surface area contributed by atoms with Gasteiger partial charge in [0.25, 0.3) is 0 Å². The van der Waals surface area contributed by atoms with E-state index in [4.69, 9.17) is 4.74 Å².